The lowest BCUT2D eigenvalue weighted by Gasteiger charge is -2.11. The molecule has 0 aliphatic heterocycles. The molecule has 0 saturated carbocycles. The molecule has 0 bridgehead atoms. The van der Waals surface area contributed by atoms with Crippen molar-refractivity contribution in [3.8, 4) is 11.3 Å². The van der Waals surface area contributed by atoms with Gasteiger partial charge in [0.05, 0.1) is 17.8 Å². The smallest absolute Gasteiger partial charge is 0.228 e. The molecule has 0 saturated heterocycles. The van der Waals surface area contributed by atoms with Crippen molar-refractivity contribution in [1.82, 2.24) is 14.3 Å². The van der Waals surface area contributed by atoms with Crippen LogP contribution in [0.2, 0.25) is 0 Å². The Morgan fingerprint density at radius 2 is 1.78 bits per heavy atom. The van der Waals surface area contributed by atoms with Crippen LogP contribution in [-0.2, 0) is 11.2 Å². The van der Waals surface area contributed by atoms with Gasteiger partial charge >= 0.3 is 0 Å². The summed E-state index contributed by atoms with van der Waals surface area (Å²) < 4.78 is 2.02. The minimum absolute atomic E-state index is 0.0701. The Morgan fingerprint density at radius 1 is 1.09 bits per heavy atom. The fraction of sp³-hybridized carbons (Fsp3) is 0.263. The van der Waals surface area contributed by atoms with Gasteiger partial charge in [-0.3, -0.25) is 4.79 Å². The number of pyridine rings is 1. The van der Waals surface area contributed by atoms with Crippen LogP contribution >= 0.6 is 0 Å². The maximum atomic E-state index is 12.2. The summed E-state index contributed by atoms with van der Waals surface area (Å²) in [7, 11) is 3.56. The predicted octanol–water partition coefficient (Wildman–Crippen LogP) is 3.25. The van der Waals surface area contributed by atoms with Crippen molar-refractivity contribution in [2.45, 2.75) is 20.3 Å². The zero-order valence-electron chi connectivity index (χ0n) is 14.0. The van der Waals surface area contributed by atoms with Gasteiger partial charge in [0.2, 0.25) is 5.91 Å². The molecule has 4 heteroatoms. The number of nitrogens with zero attached hydrogens (tertiary/aromatic N) is 3. The number of amides is 1. The summed E-state index contributed by atoms with van der Waals surface area (Å²) in [6, 6.07) is 12.4. The molecule has 0 aliphatic carbocycles. The average Bonchev–Trinajstić information content (AvgIpc) is 2.85. The van der Waals surface area contributed by atoms with Gasteiger partial charge in [-0.25, -0.2) is 4.98 Å². The van der Waals surface area contributed by atoms with E-state index in [1.807, 2.05) is 29.7 Å². The standard InChI is InChI=1S/C19H21N3O/c1-13-5-7-15(8-6-13)19-16(12-18(23)21(3)4)22-10-9-14(2)11-17(22)20-19/h5-11H,12H2,1-4H3. The second-order valence-corrected chi connectivity index (χ2v) is 6.17. The van der Waals surface area contributed by atoms with Crippen LogP contribution in [0, 0.1) is 13.8 Å². The van der Waals surface area contributed by atoms with Gasteiger partial charge in [0.25, 0.3) is 0 Å². The molecule has 0 atom stereocenters. The number of likely N-dealkylation sites (N-methyl/N-ethyl adjacent to an activating group) is 1. The molecule has 1 amide bonds. The van der Waals surface area contributed by atoms with E-state index in [1.54, 1.807) is 19.0 Å². The number of aryl methyl sites for hydroxylation is 2. The number of carbonyl (C=O) groups is 1. The van der Waals surface area contributed by atoms with Crippen molar-refractivity contribution in [3.05, 3.63) is 59.4 Å². The molecule has 118 valence electrons. The van der Waals surface area contributed by atoms with E-state index < -0.39 is 0 Å². The fourth-order valence-corrected chi connectivity index (χ4v) is 2.61. The van der Waals surface area contributed by atoms with E-state index in [9.17, 15) is 4.79 Å². The van der Waals surface area contributed by atoms with Gasteiger partial charge in [0.15, 0.2) is 0 Å². The Bertz CT molecular complexity index is 860. The summed E-state index contributed by atoms with van der Waals surface area (Å²) in [6.45, 7) is 4.11. The van der Waals surface area contributed by atoms with Gasteiger partial charge in [-0.05, 0) is 31.5 Å². The topological polar surface area (TPSA) is 37.6 Å². The molecular formula is C19H21N3O. The number of rotatable bonds is 3. The summed E-state index contributed by atoms with van der Waals surface area (Å²) >= 11 is 0. The van der Waals surface area contributed by atoms with Crippen LogP contribution in [0.5, 0.6) is 0 Å². The lowest BCUT2D eigenvalue weighted by Crippen LogP contribution is -2.24. The summed E-state index contributed by atoms with van der Waals surface area (Å²) in [5.41, 5.74) is 6.09. The average molecular weight is 307 g/mol. The fourth-order valence-electron chi connectivity index (χ4n) is 2.61. The third-order valence-corrected chi connectivity index (χ3v) is 4.02. The molecule has 0 unspecified atom stereocenters. The molecule has 3 aromatic rings. The molecule has 0 aliphatic rings. The van der Waals surface area contributed by atoms with E-state index >= 15 is 0 Å². The van der Waals surface area contributed by atoms with Gasteiger partial charge in [0, 0.05) is 25.9 Å². The third kappa shape index (κ3) is 2.97. The van der Waals surface area contributed by atoms with E-state index in [0.717, 1.165) is 28.2 Å². The number of hydrogen-bond acceptors (Lipinski definition) is 2. The van der Waals surface area contributed by atoms with Crippen molar-refractivity contribution < 1.29 is 4.79 Å². The first kappa shape index (κ1) is 15.3. The van der Waals surface area contributed by atoms with Crippen LogP contribution in [0.1, 0.15) is 16.8 Å². The summed E-state index contributed by atoms with van der Waals surface area (Å²) in [5, 5.41) is 0. The van der Waals surface area contributed by atoms with E-state index in [2.05, 4.69) is 31.2 Å². The van der Waals surface area contributed by atoms with Gasteiger partial charge in [-0.15, -0.1) is 0 Å². The molecule has 23 heavy (non-hydrogen) atoms. The molecule has 2 heterocycles. The maximum Gasteiger partial charge on any atom is 0.228 e. The minimum atomic E-state index is 0.0701. The monoisotopic (exact) mass is 307 g/mol. The summed E-state index contributed by atoms with van der Waals surface area (Å²) in [4.78, 5) is 18.6. The molecule has 3 rings (SSSR count). The zero-order valence-corrected chi connectivity index (χ0v) is 14.0. The number of aromatic nitrogens is 2. The molecule has 0 N–H and O–H groups in total. The minimum Gasteiger partial charge on any atom is -0.348 e. The van der Waals surface area contributed by atoms with E-state index in [-0.39, 0.29) is 5.91 Å². The highest BCUT2D eigenvalue weighted by molar-refractivity contribution is 5.81. The van der Waals surface area contributed by atoms with Crippen LogP contribution in [-0.4, -0.2) is 34.3 Å². The Balaban J connectivity index is 2.18. The van der Waals surface area contributed by atoms with Crippen molar-refractivity contribution in [2.24, 2.45) is 0 Å². The van der Waals surface area contributed by atoms with E-state index in [4.69, 9.17) is 4.98 Å². The predicted molar refractivity (Wildman–Crippen MR) is 92.5 cm³/mol. The van der Waals surface area contributed by atoms with Gasteiger partial charge in [-0.1, -0.05) is 29.8 Å². The summed E-state index contributed by atoms with van der Waals surface area (Å²) in [5.74, 6) is 0.0701. The molecule has 0 radical (unpaired) electrons. The first-order chi connectivity index (χ1) is 11.0. The highest BCUT2D eigenvalue weighted by Gasteiger charge is 2.18. The first-order valence-electron chi connectivity index (χ1n) is 7.70. The third-order valence-electron chi connectivity index (χ3n) is 4.02. The Morgan fingerprint density at radius 3 is 2.43 bits per heavy atom. The van der Waals surface area contributed by atoms with Crippen molar-refractivity contribution in [1.29, 1.82) is 0 Å². The van der Waals surface area contributed by atoms with Crippen LogP contribution in [0.15, 0.2) is 42.6 Å². The lowest BCUT2D eigenvalue weighted by molar-refractivity contribution is -0.128. The summed E-state index contributed by atoms with van der Waals surface area (Å²) in [6.07, 6.45) is 2.33. The highest BCUT2D eigenvalue weighted by atomic mass is 16.2. The number of benzene rings is 1. The molecule has 4 nitrogen and oxygen atoms in total. The molecule has 0 fully saturated rings. The normalized spacial score (nSPS) is 11.0. The number of hydrogen-bond donors (Lipinski definition) is 0. The highest BCUT2D eigenvalue weighted by Crippen LogP contribution is 2.26. The number of imidazole rings is 1. The Kier molecular flexibility index (Phi) is 3.90. The van der Waals surface area contributed by atoms with E-state index in [1.165, 1.54) is 5.56 Å². The molecule has 1 aromatic carbocycles. The van der Waals surface area contributed by atoms with Gasteiger partial charge < -0.3 is 9.30 Å². The second-order valence-electron chi connectivity index (χ2n) is 6.17. The number of carbonyl (C=O) groups excluding carboxylic acids is 1. The Labute approximate surface area is 136 Å². The molecule has 0 spiro atoms. The number of fused-ring (bicyclic) bond motifs is 1. The van der Waals surface area contributed by atoms with E-state index in [0.29, 0.717) is 6.42 Å². The first-order valence-corrected chi connectivity index (χ1v) is 7.70. The van der Waals surface area contributed by atoms with Crippen molar-refractivity contribution >= 4 is 11.6 Å². The van der Waals surface area contributed by atoms with Crippen LogP contribution in [0.4, 0.5) is 0 Å². The molecule has 2 aromatic heterocycles. The SMILES string of the molecule is Cc1ccc(-c2nc3cc(C)ccn3c2CC(=O)N(C)C)cc1. The van der Waals surface area contributed by atoms with Crippen molar-refractivity contribution in [3.63, 3.8) is 0 Å². The second kappa shape index (κ2) is 5.88. The molecular weight excluding hydrogens is 286 g/mol. The lowest BCUT2D eigenvalue weighted by atomic mass is 10.1. The van der Waals surface area contributed by atoms with Gasteiger partial charge in [-0.2, -0.15) is 0 Å². The van der Waals surface area contributed by atoms with Gasteiger partial charge in [0.1, 0.15) is 5.65 Å². The van der Waals surface area contributed by atoms with Crippen molar-refractivity contribution in [2.75, 3.05) is 14.1 Å². The Hall–Kier alpha value is -2.62. The van der Waals surface area contributed by atoms with Crippen LogP contribution in [0.25, 0.3) is 16.9 Å². The quantitative estimate of drug-likeness (QED) is 0.745. The maximum absolute atomic E-state index is 12.2. The van der Waals surface area contributed by atoms with Crippen LogP contribution in [0.3, 0.4) is 0 Å². The van der Waals surface area contributed by atoms with Crippen LogP contribution < -0.4 is 0 Å². The largest absolute Gasteiger partial charge is 0.348 e. The zero-order chi connectivity index (χ0) is 16.6.